The van der Waals surface area contributed by atoms with Crippen LogP contribution in [0, 0.1) is 5.82 Å². The summed E-state index contributed by atoms with van der Waals surface area (Å²) >= 11 is 0. The minimum absolute atomic E-state index is 0.0488. The van der Waals surface area contributed by atoms with Gasteiger partial charge in [-0.1, -0.05) is 12.1 Å². The van der Waals surface area contributed by atoms with E-state index < -0.39 is 125 Å². The van der Waals surface area contributed by atoms with Gasteiger partial charge in [0.1, 0.15) is 28.7 Å². The number of fused-ring (bicyclic) bond motifs is 3. The van der Waals surface area contributed by atoms with Gasteiger partial charge in [0.05, 0.1) is 78.4 Å². The van der Waals surface area contributed by atoms with Gasteiger partial charge in [0.15, 0.2) is 12.1 Å². The predicted molar refractivity (Wildman–Crippen MR) is 212 cm³/mol. The second-order valence-corrected chi connectivity index (χ2v) is 15.8. The maximum Gasteiger partial charge on any atom is 0.274 e. The summed E-state index contributed by atoms with van der Waals surface area (Å²) in [6.45, 7) is 3.96. The topological polar surface area (TPSA) is 254 Å². The Bertz CT molecular complexity index is 2460. The number of nitrogens with zero attached hydrogens (tertiary/aromatic N) is 3. The number of morpholine rings is 1. The van der Waals surface area contributed by atoms with Crippen LogP contribution in [0.25, 0.3) is 0 Å². The van der Waals surface area contributed by atoms with Crippen molar-refractivity contribution in [2.75, 3.05) is 38.3 Å². The van der Waals surface area contributed by atoms with Crippen molar-refractivity contribution in [3.63, 3.8) is 0 Å². The standard InChI is InChI=1S/C43H43FN4O14/c1-19-17-47(11-12-60-19)26-14-32(61-20(2)37(26)52)62-28-16-43(58,29(18-49)45-46-42(57)22-8-7-21(13-25(22)44)48-30(50)9-10-31(48)51)15-24-34(28)41(56)36-35(39(24)54)38(53)23-5-4-6-27(59-3)33(23)40(36)55/h4-10,13,19-20,26,28,32,37,49,52,54,56,58H,11-12,14-18H2,1-3H3,(H,46,57)/b45-29+/t19-,20+,26?,28+,32+,37-,43+/m1/s1. The summed E-state index contributed by atoms with van der Waals surface area (Å²) in [5, 5.41) is 62.3. The number of nitrogens with one attached hydrogen (secondary N) is 1. The molecule has 3 aromatic carbocycles. The molecular weight excluding hydrogens is 815 g/mol. The first-order valence-corrected chi connectivity index (χ1v) is 19.8. The van der Waals surface area contributed by atoms with E-state index in [0.29, 0.717) is 24.6 Å². The van der Waals surface area contributed by atoms with Crippen LogP contribution in [-0.4, -0.2) is 135 Å². The number of hydrogen-bond acceptors (Lipinski definition) is 16. The summed E-state index contributed by atoms with van der Waals surface area (Å²) in [6.07, 6.45) is -3.55. The molecule has 3 heterocycles. The minimum atomic E-state index is -2.33. The Labute approximate surface area is 352 Å². The number of aromatic hydroxyl groups is 2. The van der Waals surface area contributed by atoms with Crippen LogP contribution in [0.15, 0.2) is 53.7 Å². The SMILES string of the molecule is COc1cccc2c1C(=O)c1c(O)c3c(c(O)c1C2=O)C[C@@](O)(/C(CO)=N/NC(=O)c1ccc(N2C(=O)C=CC2=O)cc1F)C[C@@H]3O[C@H]1CC(N2CCO[C@H](C)C2)[C@H](O)[C@H](C)O1. The molecule has 8 rings (SSSR count). The molecule has 62 heavy (non-hydrogen) atoms. The van der Waals surface area contributed by atoms with Gasteiger partial charge in [-0.15, -0.1) is 0 Å². The second kappa shape index (κ2) is 16.4. The van der Waals surface area contributed by atoms with Crippen molar-refractivity contribution in [1.29, 1.82) is 0 Å². The molecular formula is C43H43FN4O14. The van der Waals surface area contributed by atoms with Crippen LogP contribution < -0.4 is 15.1 Å². The smallest absolute Gasteiger partial charge is 0.274 e. The minimum Gasteiger partial charge on any atom is -0.507 e. The van der Waals surface area contributed by atoms with Crippen LogP contribution in [-0.2, 0) is 30.2 Å². The van der Waals surface area contributed by atoms with Gasteiger partial charge < -0.3 is 44.5 Å². The van der Waals surface area contributed by atoms with Crippen molar-refractivity contribution in [3.8, 4) is 17.2 Å². The summed E-state index contributed by atoms with van der Waals surface area (Å²) in [7, 11) is 1.30. The number of methoxy groups -OCH3 is 1. The van der Waals surface area contributed by atoms with Gasteiger partial charge in [0.25, 0.3) is 17.7 Å². The molecule has 0 aromatic heterocycles. The molecule has 2 fully saturated rings. The maximum atomic E-state index is 15.3. The van der Waals surface area contributed by atoms with Gasteiger partial charge in [-0.25, -0.2) is 14.7 Å². The van der Waals surface area contributed by atoms with Crippen LogP contribution in [0.3, 0.4) is 0 Å². The average molecular weight is 859 g/mol. The molecule has 5 aliphatic rings. The molecule has 3 aromatic rings. The number of ketones is 2. The van der Waals surface area contributed by atoms with E-state index in [1.54, 1.807) is 6.92 Å². The number of imide groups is 1. The average Bonchev–Trinajstić information content (AvgIpc) is 3.58. The van der Waals surface area contributed by atoms with E-state index >= 15 is 4.39 Å². The maximum absolute atomic E-state index is 15.3. The summed E-state index contributed by atoms with van der Waals surface area (Å²) in [5.74, 6) is -6.79. The van der Waals surface area contributed by atoms with Gasteiger partial charge >= 0.3 is 0 Å². The highest BCUT2D eigenvalue weighted by molar-refractivity contribution is 6.31. The summed E-state index contributed by atoms with van der Waals surface area (Å²) in [5.41, 5.74) is -3.19. The van der Waals surface area contributed by atoms with Crippen molar-refractivity contribution in [2.24, 2.45) is 5.10 Å². The molecule has 19 heteroatoms. The van der Waals surface area contributed by atoms with E-state index in [4.69, 9.17) is 18.9 Å². The molecule has 0 spiro atoms. The number of aliphatic hydroxyl groups is 3. The highest BCUT2D eigenvalue weighted by atomic mass is 19.1. The zero-order chi connectivity index (χ0) is 44.4. The highest BCUT2D eigenvalue weighted by Crippen LogP contribution is 2.53. The third-order valence-corrected chi connectivity index (χ3v) is 12.1. The van der Waals surface area contributed by atoms with Crippen molar-refractivity contribution < 1.29 is 72.8 Å². The van der Waals surface area contributed by atoms with E-state index in [0.717, 1.165) is 24.3 Å². The van der Waals surface area contributed by atoms with Crippen LogP contribution in [0.2, 0.25) is 0 Å². The lowest BCUT2D eigenvalue weighted by molar-refractivity contribution is -0.260. The summed E-state index contributed by atoms with van der Waals surface area (Å²) in [6, 6.07) is 6.79. The first kappa shape index (κ1) is 42.7. The normalized spacial score (nSPS) is 27.5. The molecule has 0 saturated carbocycles. The molecule has 3 aliphatic heterocycles. The highest BCUT2D eigenvalue weighted by Gasteiger charge is 2.50. The van der Waals surface area contributed by atoms with Gasteiger partial charge in [-0.2, -0.15) is 5.10 Å². The number of carbonyl (C=O) groups excluding carboxylic acids is 5. The molecule has 2 saturated heterocycles. The number of ether oxygens (including phenoxy) is 4. The van der Waals surface area contributed by atoms with E-state index in [9.17, 15) is 49.5 Å². The quantitative estimate of drug-likeness (QED) is 0.0605. The zero-order valence-electron chi connectivity index (χ0n) is 33.7. The molecule has 18 nitrogen and oxygen atoms in total. The molecule has 1 unspecified atom stereocenters. The van der Waals surface area contributed by atoms with Gasteiger partial charge in [-0.05, 0) is 38.1 Å². The monoisotopic (exact) mass is 858 g/mol. The van der Waals surface area contributed by atoms with E-state index in [-0.39, 0.29) is 46.2 Å². The third-order valence-electron chi connectivity index (χ3n) is 12.1. The number of phenolic OH excluding ortho intramolecular Hbond substituents is 2. The van der Waals surface area contributed by atoms with Crippen molar-refractivity contribution in [2.45, 2.75) is 75.5 Å². The number of anilines is 1. The molecule has 2 aliphatic carbocycles. The van der Waals surface area contributed by atoms with Gasteiger partial charge in [0, 0.05) is 67.2 Å². The Balaban J connectivity index is 1.17. The van der Waals surface area contributed by atoms with Crippen molar-refractivity contribution in [1.82, 2.24) is 10.3 Å². The molecule has 3 amide bonds. The lowest BCUT2D eigenvalue weighted by Gasteiger charge is -2.47. The van der Waals surface area contributed by atoms with Crippen LogP contribution in [0.1, 0.15) is 86.1 Å². The molecule has 6 N–H and O–H groups in total. The number of hydrazone groups is 1. The number of hydrogen-bond donors (Lipinski definition) is 6. The van der Waals surface area contributed by atoms with E-state index in [1.165, 1.54) is 31.4 Å². The van der Waals surface area contributed by atoms with Crippen LogP contribution in [0.4, 0.5) is 10.1 Å². The van der Waals surface area contributed by atoms with Crippen LogP contribution >= 0.6 is 0 Å². The third kappa shape index (κ3) is 7.24. The Morgan fingerprint density at radius 1 is 1.03 bits per heavy atom. The van der Waals surface area contributed by atoms with Crippen molar-refractivity contribution in [3.05, 3.63) is 93.3 Å². The predicted octanol–water partition coefficient (Wildman–Crippen LogP) is 1.55. The number of rotatable bonds is 9. The lowest BCUT2D eigenvalue weighted by atomic mass is 9.71. The number of benzene rings is 3. The number of aliphatic hydroxyl groups excluding tert-OH is 2. The van der Waals surface area contributed by atoms with Crippen molar-refractivity contribution >= 4 is 40.7 Å². The van der Waals surface area contributed by atoms with Gasteiger partial charge in [-0.3, -0.25) is 28.9 Å². The molecule has 0 radical (unpaired) electrons. The van der Waals surface area contributed by atoms with Crippen LogP contribution in [0.5, 0.6) is 17.2 Å². The summed E-state index contributed by atoms with van der Waals surface area (Å²) in [4.78, 5) is 68.5. The lowest BCUT2D eigenvalue weighted by Crippen LogP contribution is -2.59. The Morgan fingerprint density at radius 2 is 1.76 bits per heavy atom. The zero-order valence-corrected chi connectivity index (χ0v) is 33.7. The Hall–Kier alpha value is -5.93. The fraction of sp³-hybridized carbons (Fsp3) is 0.395. The fourth-order valence-corrected chi connectivity index (χ4v) is 9.01. The number of halogens is 1. The summed E-state index contributed by atoms with van der Waals surface area (Å²) < 4.78 is 39.0. The first-order chi connectivity index (χ1) is 29.6. The van der Waals surface area contributed by atoms with E-state index in [1.807, 2.05) is 11.8 Å². The van der Waals surface area contributed by atoms with Gasteiger partial charge in [0.2, 0.25) is 5.78 Å². The second-order valence-electron chi connectivity index (χ2n) is 15.8. The molecule has 0 bridgehead atoms. The largest absolute Gasteiger partial charge is 0.507 e. The Kier molecular flexibility index (Phi) is 11.3. The molecule has 326 valence electrons. The fourth-order valence-electron chi connectivity index (χ4n) is 9.01. The number of amides is 3. The number of carbonyl (C=O) groups is 5. The first-order valence-electron chi connectivity index (χ1n) is 19.8. The van der Waals surface area contributed by atoms with E-state index in [2.05, 4.69) is 10.5 Å². The number of phenols is 2. The molecule has 7 atom stereocenters. The Morgan fingerprint density at radius 3 is 2.44 bits per heavy atom.